The Hall–Kier alpha value is -0.430. The smallest absolute Gasteiger partial charge is 0.214 e. The Labute approximate surface area is 106 Å². The number of nitrogens with two attached hydrogens (primary N) is 1. The number of thiophene rings is 1. The molecule has 0 radical (unpaired) electrons. The molecule has 17 heavy (non-hydrogen) atoms. The van der Waals surface area contributed by atoms with Crippen LogP contribution in [0.2, 0.25) is 0 Å². The van der Waals surface area contributed by atoms with E-state index in [0.29, 0.717) is 19.5 Å². The highest BCUT2D eigenvalue weighted by atomic mass is 32.2. The Balaban J connectivity index is 1.94. The fourth-order valence-corrected chi connectivity index (χ4v) is 4.44. The fourth-order valence-electron chi connectivity index (χ4n) is 2.04. The lowest BCUT2D eigenvalue weighted by atomic mass is 10.1. The van der Waals surface area contributed by atoms with Crippen molar-refractivity contribution in [3.8, 4) is 0 Å². The maximum Gasteiger partial charge on any atom is 0.214 e. The van der Waals surface area contributed by atoms with Gasteiger partial charge in [-0.25, -0.2) is 12.7 Å². The lowest BCUT2D eigenvalue weighted by Crippen LogP contribution is -2.46. The van der Waals surface area contributed by atoms with Crippen molar-refractivity contribution >= 4 is 21.4 Å². The highest BCUT2D eigenvalue weighted by molar-refractivity contribution is 7.89. The molecule has 2 N–H and O–H groups in total. The van der Waals surface area contributed by atoms with E-state index < -0.39 is 10.0 Å². The van der Waals surface area contributed by atoms with Crippen molar-refractivity contribution in [2.75, 3.05) is 18.8 Å². The quantitative estimate of drug-likeness (QED) is 0.892. The van der Waals surface area contributed by atoms with E-state index in [1.165, 1.54) is 0 Å². The van der Waals surface area contributed by atoms with Crippen molar-refractivity contribution in [2.45, 2.75) is 25.3 Å². The third-order valence-electron chi connectivity index (χ3n) is 3.00. The lowest BCUT2D eigenvalue weighted by molar-refractivity contribution is 0.316. The van der Waals surface area contributed by atoms with Crippen molar-refractivity contribution in [1.82, 2.24) is 4.31 Å². The Morgan fingerprint density at radius 1 is 1.53 bits per heavy atom. The molecule has 1 aliphatic heterocycles. The summed E-state index contributed by atoms with van der Waals surface area (Å²) < 4.78 is 25.8. The highest BCUT2D eigenvalue weighted by Crippen LogP contribution is 2.16. The van der Waals surface area contributed by atoms with Gasteiger partial charge in [0.15, 0.2) is 0 Å². The summed E-state index contributed by atoms with van der Waals surface area (Å²) in [7, 11) is -3.13. The van der Waals surface area contributed by atoms with Gasteiger partial charge in [0.1, 0.15) is 0 Å². The molecular weight excluding hydrogens is 256 g/mol. The van der Waals surface area contributed by atoms with E-state index in [0.717, 1.165) is 17.7 Å². The van der Waals surface area contributed by atoms with Gasteiger partial charge >= 0.3 is 0 Å². The fraction of sp³-hybridized carbons (Fsp3) is 0.636. The topological polar surface area (TPSA) is 63.4 Å². The van der Waals surface area contributed by atoms with Gasteiger partial charge < -0.3 is 5.73 Å². The number of aryl methyl sites for hydroxylation is 1. The van der Waals surface area contributed by atoms with Crippen LogP contribution in [0, 0.1) is 0 Å². The van der Waals surface area contributed by atoms with E-state index in [-0.39, 0.29) is 11.8 Å². The summed E-state index contributed by atoms with van der Waals surface area (Å²) in [5, 5.41) is 1.97. The zero-order valence-electron chi connectivity index (χ0n) is 9.71. The maximum absolute atomic E-state index is 12.1. The number of sulfonamides is 1. The Bertz CT molecular complexity index is 442. The predicted octanol–water partition coefficient (Wildman–Crippen LogP) is 1.04. The van der Waals surface area contributed by atoms with E-state index in [1.54, 1.807) is 15.6 Å². The second kappa shape index (κ2) is 5.48. The number of rotatable bonds is 4. The van der Waals surface area contributed by atoms with Crippen LogP contribution in [0.1, 0.15) is 17.7 Å². The third-order valence-corrected chi connectivity index (χ3v) is 5.78. The van der Waals surface area contributed by atoms with Crippen LogP contribution >= 0.6 is 11.3 Å². The normalized spacial score (nSPS) is 22.8. The molecule has 0 aromatic carbocycles. The zero-order chi connectivity index (χ0) is 12.3. The SMILES string of the molecule is N[C@@H]1CCCN(S(=O)(=O)CCc2cccs2)C1. The molecule has 1 aliphatic rings. The van der Waals surface area contributed by atoms with Crippen molar-refractivity contribution in [3.05, 3.63) is 22.4 Å². The van der Waals surface area contributed by atoms with Gasteiger partial charge in [-0.3, -0.25) is 0 Å². The third kappa shape index (κ3) is 3.51. The summed E-state index contributed by atoms with van der Waals surface area (Å²) in [5.74, 6) is 0.195. The summed E-state index contributed by atoms with van der Waals surface area (Å²) in [6.07, 6.45) is 2.40. The molecule has 1 atom stereocenters. The molecule has 1 aromatic rings. The molecule has 0 saturated carbocycles. The highest BCUT2D eigenvalue weighted by Gasteiger charge is 2.26. The second-order valence-electron chi connectivity index (χ2n) is 4.41. The molecule has 0 bridgehead atoms. The van der Waals surface area contributed by atoms with Gasteiger partial charge in [-0.15, -0.1) is 11.3 Å². The van der Waals surface area contributed by atoms with Gasteiger partial charge in [0, 0.05) is 24.0 Å². The Kier molecular flexibility index (Phi) is 4.19. The van der Waals surface area contributed by atoms with E-state index in [9.17, 15) is 8.42 Å². The second-order valence-corrected chi connectivity index (χ2v) is 7.53. The van der Waals surface area contributed by atoms with Crippen LogP contribution in [0.3, 0.4) is 0 Å². The van der Waals surface area contributed by atoms with Crippen LogP contribution in [-0.2, 0) is 16.4 Å². The molecule has 1 fully saturated rings. The number of hydrogen-bond donors (Lipinski definition) is 1. The first-order valence-electron chi connectivity index (χ1n) is 5.84. The molecule has 2 rings (SSSR count). The van der Waals surface area contributed by atoms with E-state index >= 15 is 0 Å². The van der Waals surface area contributed by atoms with Crippen LogP contribution < -0.4 is 5.73 Å². The summed E-state index contributed by atoms with van der Waals surface area (Å²) in [6, 6.07) is 3.92. The van der Waals surface area contributed by atoms with Gasteiger partial charge in [-0.05, 0) is 30.7 Å². The largest absolute Gasteiger partial charge is 0.327 e. The molecule has 96 valence electrons. The molecule has 4 nitrogen and oxygen atoms in total. The van der Waals surface area contributed by atoms with Gasteiger partial charge in [-0.2, -0.15) is 0 Å². The molecule has 2 heterocycles. The molecule has 0 aliphatic carbocycles. The summed E-state index contributed by atoms with van der Waals surface area (Å²) in [4.78, 5) is 1.12. The van der Waals surface area contributed by atoms with Gasteiger partial charge in [-0.1, -0.05) is 6.07 Å². The van der Waals surface area contributed by atoms with E-state index in [2.05, 4.69) is 0 Å². The number of hydrogen-bond acceptors (Lipinski definition) is 4. The van der Waals surface area contributed by atoms with E-state index in [1.807, 2.05) is 17.5 Å². The van der Waals surface area contributed by atoms with Gasteiger partial charge in [0.25, 0.3) is 0 Å². The first kappa shape index (κ1) is 13.0. The number of piperidine rings is 1. The maximum atomic E-state index is 12.1. The number of nitrogens with zero attached hydrogens (tertiary/aromatic N) is 1. The van der Waals surface area contributed by atoms with Crippen LogP contribution in [-0.4, -0.2) is 37.6 Å². The molecule has 0 unspecified atom stereocenters. The van der Waals surface area contributed by atoms with Gasteiger partial charge in [0.2, 0.25) is 10.0 Å². The van der Waals surface area contributed by atoms with Crippen LogP contribution in [0.4, 0.5) is 0 Å². The van der Waals surface area contributed by atoms with Crippen molar-refractivity contribution in [2.24, 2.45) is 5.73 Å². The molecule has 0 amide bonds. The molecule has 6 heteroatoms. The monoisotopic (exact) mass is 274 g/mol. The van der Waals surface area contributed by atoms with Crippen LogP contribution in [0.25, 0.3) is 0 Å². The summed E-state index contributed by atoms with van der Waals surface area (Å²) in [6.45, 7) is 1.10. The zero-order valence-corrected chi connectivity index (χ0v) is 11.3. The van der Waals surface area contributed by atoms with Gasteiger partial charge in [0.05, 0.1) is 5.75 Å². The first-order chi connectivity index (χ1) is 8.08. The minimum absolute atomic E-state index is 0.000243. The van der Waals surface area contributed by atoms with Crippen molar-refractivity contribution < 1.29 is 8.42 Å². The first-order valence-corrected chi connectivity index (χ1v) is 8.32. The van der Waals surface area contributed by atoms with Crippen molar-refractivity contribution in [1.29, 1.82) is 0 Å². The molecular formula is C11H18N2O2S2. The van der Waals surface area contributed by atoms with Crippen LogP contribution in [0.15, 0.2) is 17.5 Å². The van der Waals surface area contributed by atoms with Crippen molar-refractivity contribution in [3.63, 3.8) is 0 Å². The Morgan fingerprint density at radius 2 is 2.35 bits per heavy atom. The van der Waals surface area contributed by atoms with E-state index in [4.69, 9.17) is 5.73 Å². The Morgan fingerprint density at radius 3 is 3.00 bits per heavy atom. The molecule has 1 saturated heterocycles. The minimum atomic E-state index is -3.13. The molecule has 1 aromatic heterocycles. The summed E-state index contributed by atoms with van der Waals surface area (Å²) >= 11 is 1.60. The average Bonchev–Trinajstić information content (AvgIpc) is 2.79. The summed E-state index contributed by atoms with van der Waals surface area (Å²) in [5.41, 5.74) is 5.81. The van der Waals surface area contributed by atoms with Crippen LogP contribution in [0.5, 0.6) is 0 Å². The molecule has 0 spiro atoms. The lowest BCUT2D eigenvalue weighted by Gasteiger charge is -2.29. The average molecular weight is 274 g/mol. The minimum Gasteiger partial charge on any atom is -0.327 e. The standard InChI is InChI=1S/C11H18N2O2S2/c12-10-3-1-6-13(9-10)17(14,15)8-5-11-4-2-7-16-11/h2,4,7,10H,1,3,5-6,8-9,12H2/t10-/m1/s1. The predicted molar refractivity (Wildman–Crippen MR) is 70.6 cm³/mol.